The van der Waals surface area contributed by atoms with Gasteiger partial charge in [-0.15, -0.1) is 0 Å². The SMILES string of the molecule is CCCCN1C=CN(C)C1OS(=O)(=O)C(C)CC. The van der Waals surface area contributed by atoms with Gasteiger partial charge < -0.3 is 9.80 Å². The third kappa shape index (κ3) is 3.62. The van der Waals surface area contributed by atoms with Gasteiger partial charge in [0.25, 0.3) is 10.1 Å². The van der Waals surface area contributed by atoms with Crippen LogP contribution in [0, 0.1) is 0 Å². The van der Waals surface area contributed by atoms with Gasteiger partial charge in [-0.05, 0) is 19.8 Å². The van der Waals surface area contributed by atoms with E-state index in [1.54, 1.807) is 11.8 Å². The number of rotatable bonds is 7. The highest BCUT2D eigenvalue weighted by atomic mass is 32.2. The summed E-state index contributed by atoms with van der Waals surface area (Å²) in [6.07, 6.45) is 5.83. The van der Waals surface area contributed by atoms with Crippen LogP contribution in [0.3, 0.4) is 0 Å². The Bertz CT molecular complexity index is 381. The van der Waals surface area contributed by atoms with E-state index in [2.05, 4.69) is 6.92 Å². The Hall–Kier alpha value is -0.750. The first-order chi connectivity index (χ1) is 8.42. The van der Waals surface area contributed by atoms with Crippen LogP contribution >= 0.6 is 0 Å². The highest BCUT2D eigenvalue weighted by Crippen LogP contribution is 2.20. The maximum atomic E-state index is 12.0. The molecule has 5 nitrogen and oxygen atoms in total. The number of hydrogen-bond donors (Lipinski definition) is 0. The lowest BCUT2D eigenvalue weighted by Gasteiger charge is -2.30. The number of nitrogens with zero attached hydrogens (tertiary/aromatic N) is 2. The lowest BCUT2D eigenvalue weighted by molar-refractivity contribution is -0.00973. The molecule has 0 aromatic rings. The van der Waals surface area contributed by atoms with Gasteiger partial charge in [0.2, 0.25) is 6.35 Å². The van der Waals surface area contributed by atoms with Crippen LogP contribution in [0.25, 0.3) is 0 Å². The second-order valence-corrected chi connectivity index (χ2v) is 6.67. The Labute approximate surface area is 111 Å². The highest BCUT2D eigenvalue weighted by molar-refractivity contribution is 7.87. The van der Waals surface area contributed by atoms with Crippen LogP contribution in [0.1, 0.15) is 40.0 Å². The molecule has 1 rings (SSSR count). The molecule has 1 heterocycles. The zero-order valence-corrected chi connectivity index (χ0v) is 12.5. The van der Waals surface area contributed by atoms with Gasteiger partial charge in [0, 0.05) is 26.0 Å². The third-order valence-electron chi connectivity index (χ3n) is 3.18. The fourth-order valence-electron chi connectivity index (χ4n) is 1.64. The van der Waals surface area contributed by atoms with Gasteiger partial charge in [-0.1, -0.05) is 20.3 Å². The molecule has 1 aliphatic heterocycles. The Morgan fingerprint density at radius 2 is 2.00 bits per heavy atom. The van der Waals surface area contributed by atoms with E-state index in [0.29, 0.717) is 6.42 Å². The zero-order valence-electron chi connectivity index (χ0n) is 11.7. The van der Waals surface area contributed by atoms with Crippen molar-refractivity contribution >= 4 is 10.1 Å². The molecule has 0 aromatic carbocycles. The molecule has 2 unspecified atom stereocenters. The molecular formula is C12H24N2O3S. The molecule has 0 fully saturated rings. The molecule has 0 saturated carbocycles. The van der Waals surface area contributed by atoms with Crippen LogP contribution in [-0.2, 0) is 14.3 Å². The maximum absolute atomic E-state index is 12.0. The summed E-state index contributed by atoms with van der Waals surface area (Å²) in [5, 5.41) is -0.473. The molecule has 0 spiro atoms. The van der Waals surface area contributed by atoms with Gasteiger partial charge in [0.15, 0.2) is 0 Å². The smallest absolute Gasteiger partial charge is 0.273 e. The summed E-state index contributed by atoms with van der Waals surface area (Å²) < 4.78 is 29.3. The van der Waals surface area contributed by atoms with E-state index >= 15 is 0 Å². The fraction of sp³-hybridized carbons (Fsp3) is 0.833. The fourth-order valence-corrected chi connectivity index (χ4v) is 2.72. The van der Waals surface area contributed by atoms with Crippen LogP contribution in [0.2, 0.25) is 0 Å². The van der Waals surface area contributed by atoms with Gasteiger partial charge in [-0.25, -0.2) is 4.18 Å². The van der Waals surface area contributed by atoms with E-state index in [-0.39, 0.29) is 0 Å². The van der Waals surface area contributed by atoms with Crippen molar-refractivity contribution in [1.29, 1.82) is 0 Å². The predicted molar refractivity (Wildman–Crippen MR) is 72.1 cm³/mol. The minimum atomic E-state index is -3.51. The van der Waals surface area contributed by atoms with Gasteiger partial charge in [-0.3, -0.25) is 0 Å². The molecule has 0 bridgehead atoms. The standard InChI is InChI=1S/C12H24N2O3S/c1-5-7-8-14-10-9-13(4)12(14)17-18(15,16)11(3)6-2/h9-12H,5-8H2,1-4H3. The van der Waals surface area contributed by atoms with Gasteiger partial charge >= 0.3 is 0 Å². The molecular weight excluding hydrogens is 252 g/mol. The quantitative estimate of drug-likeness (QED) is 0.665. The summed E-state index contributed by atoms with van der Waals surface area (Å²) >= 11 is 0. The van der Waals surface area contributed by atoms with Crippen LogP contribution in [-0.4, -0.2) is 43.4 Å². The number of hydrogen-bond acceptors (Lipinski definition) is 5. The molecule has 2 atom stereocenters. The van der Waals surface area contributed by atoms with Crippen molar-refractivity contribution in [2.75, 3.05) is 13.6 Å². The minimum absolute atomic E-state index is 0.473. The predicted octanol–water partition coefficient (Wildman–Crippen LogP) is 1.93. The molecule has 0 aromatic heterocycles. The minimum Gasteiger partial charge on any atom is -0.336 e. The third-order valence-corrected chi connectivity index (χ3v) is 4.94. The second-order valence-electron chi connectivity index (χ2n) is 4.69. The summed E-state index contributed by atoms with van der Waals surface area (Å²) in [7, 11) is -1.69. The molecule has 18 heavy (non-hydrogen) atoms. The monoisotopic (exact) mass is 276 g/mol. The Balaban J connectivity index is 2.69. The molecule has 0 saturated heterocycles. The molecule has 106 valence electrons. The molecule has 0 amide bonds. The van der Waals surface area contributed by atoms with E-state index in [4.69, 9.17) is 4.18 Å². The van der Waals surface area contributed by atoms with Gasteiger partial charge in [0.1, 0.15) is 0 Å². The maximum Gasteiger partial charge on any atom is 0.273 e. The molecule has 0 aliphatic carbocycles. The average molecular weight is 276 g/mol. The molecule has 1 aliphatic rings. The zero-order chi connectivity index (χ0) is 13.8. The Morgan fingerprint density at radius 3 is 2.56 bits per heavy atom. The van der Waals surface area contributed by atoms with Gasteiger partial charge in [0.05, 0.1) is 5.25 Å². The summed E-state index contributed by atoms with van der Waals surface area (Å²) in [4.78, 5) is 3.69. The van der Waals surface area contributed by atoms with Crippen molar-refractivity contribution in [3.63, 3.8) is 0 Å². The molecule has 0 radical (unpaired) electrons. The number of unbranched alkanes of at least 4 members (excludes halogenated alkanes) is 1. The topological polar surface area (TPSA) is 49.9 Å². The lowest BCUT2D eigenvalue weighted by atomic mass is 10.3. The van der Waals surface area contributed by atoms with Gasteiger partial charge in [-0.2, -0.15) is 8.42 Å². The van der Waals surface area contributed by atoms with Crippen LogP contribution < -0.4 is 0 Å². The van der Waals surface area contributed by atoms with Crippen molar-refractivity contribution in [3.05, 3.63) is 12.4 Å². The van der Waals surface area contributed by atoms with Crippen molar-refractivity contribution < 1.29 is 12.6 Å². The van der Waals surface area contributed by atoms with Crippen LogP contribution in [0.5, 0.6) is 0 Å². The highest BCUT2D eigenvalue weighted by Gasteiger charge is 2.31. The van der Waals surface area contributed by atoms with E-state index in [1.165, 1.54) is 0 Å². The summed E-state index contributed by atoms with van der Waals surface area (Å²) in [5.74, 6) is 0. The normalized spacial score (nSPS) is 21.7. The Kier molecular flexibility index (Phi) is 5.47. The van der Waals surface area contributed by atoms with E-state index < -0.39 is 21.7 Å². The summed E-state index contributed by atoms with van der Waals surface area (Å²) in [6.45, 7) is 6.43. The molecule has 0 N–H and O–H groups in total. The first kappa shape index (κ1) is 15.3. The largest absolute Gasteiger partial charge is 0.336 e. The van der Waals surface area contributed by atoms with Crippen LogP contribution in [0.4, 0.5) is 0 Å². The first-order valence-corrected chi connectivity index (χ1v) is 7.97. The van der Waals surface area contributed by atoms with E-state index in [1.807, 2.05) is 31.3 Å². The van der Waals surface area contributed by atoms with Crippen molar-refractivity contribution in [1.82, 2.24) is 9.80 Å². The van der Waals surface area contributed by atoms with Crippen molar-refractivity contribution in [2.45, 2.75) is 51.6 Å². The average Bonchev–Trinajstić information content (AvgIpc) is 2.66. The lowest BCUT2D eigenvalue weighted by Crippen LogP contribution is -2.42. The van der Waals surface area contributed by atoms with E-state index in [9.17, 15) is 8.42 Å². The summed E-state index contributed by atoms with van der Waals surface area (Å²) in [5.41, 5.74) is 0. The van der Waals surface area contributed by atoms with Crippen molar-refractivity contribution in [2.24, 2.45) is 0 Å². The summed E-state index contributed by atoms with van der Waals surface area (Å²) in [6, 6.07) is 0. The Morgan fingerprint density at radius 1 is 1.33 bits per heavy atom. The van der Waals surface area contributed by atoms with Crippen molar-refractivity contribution in [3.8, 4) is 0 Å². The molecule has 6 heteroatoms. The van der Waals surface area contributed by atoms with E-state index in [0.717, 1.165) is 19.4 Å². The first-order valence-electron chi connectivity index (χ1n) is 6.50. The van der Waals surface area contributed by atoms with Crippen LogP contribution in [0.15, 0.2) is 12.4 Å². The second kappa shape index (κ2) is 6.43.